The molecule has 0 heterocycles. The van der Waals surface area contributed by atoms with E-state index in [1.807, 2.05) is 0 Å². The third kappa shape index (κ3) is 3.89. The van der Waals surface area contributed by atoms with Gasteiger partial charge in [0.15, 0.2) is 11.5 Å². The fourth-order valence-electron chi connectivity index (χ4n) is 1.06. The summed E-state index contributed by atoms with van der Waals surface area (Å²) in [6.07, 6.45) is 0. The monoisotopic (exact) mass is 252 g/mol. The lowest BCUT2D eigenvalue weighted by Gasteiger charge is -1.97. The van der Waals surface area contributed by atoms with Crippen LogP contribution in [0.25, 0.3) is 0 Å². The van der Waals surface area contributed by atoms with Gasteiger partial charge in [-0.1, -0.05) is 29.8 Å². The molecule has 0 aromatic heterocycles. The molecule has 17 heavy (non-hydrogen) atoms. The van der Waals surface area contributed by atoms with E-state index in [1.165, 1.54) is 12.1 Å². The van der Waals surface area contributed by atoms with Crippen LogP contribution in [0.2, 0.25) is 5.02 Å². The molecule has 3 nitrogen and oxygen atoms in total. The highest BCUT2D eigenvalue weighted by molar-refractivity contribution is 6.31. The van der Waals surface area contributed by atoms with Crippen molar-refractivity contribution in [1.82, 2.24) is 0 Å². The zero-order valence-corrected chi connectivity index (χ0v) is 10.0. The molecular formula is C13H13ClO3. The topological polar surface area (TPSA) is 60.7 Å². The van der Waals surface area contributed by atoms with Crippen LogP contribution < -0.4 is 0 Å². The molecule has 2 rings (SSSR count). The first-order valence-corrected chi connectivity index (χ1v) is 5.31. The molecule has 0 saturated heterocycles. The largest absolute Gasteiger partial charge is 0.508 e. The van der Waals surface area contributed by atoms with E-state index in [0.717, 1.165) is 5.56 Å². The first kappa shape index (κ1) is 13.2. The van der Waals surface area contributed by atoms with E-state index >= 15 is 0 Å². The molecule has 0 aliphatic carbocycles. The third-order valence-electron chi connectivity index (χ3n) is 2.12. The zero-order valence-electron chi connectivity index (χ0n) is 9.26. The van der Waals surface area contributed by atoms with Crippen molar-refractivity contribution in [1.29, 1.82) is 0 Å². The Bertz CT molecular complexity index is 457. The number of hydrogen-bond donors (Lipinski definition) is 3. The summed E-state index contributed by atoms with van der Waals surface area (Å²) in [7, 11) is 0. The first-order valence-electron chi connectivity index (χ1n) is 4.93. The number of rotatable bonds is 0. The van der Waals surface area contributed by atoms with Crippen molar-refractivity contribution in [3.63, 3.8) is 0 Å². The van der Waals surface area contributed by atoms with Gasteiger partial charge < -0.3 is 15.3 Å². The van der Waals surface area contributed by atoms with E-state index in [9.17, 15) is 0 Å². The molecule has 0 aliphatic rings. The Morgan fingerprint density at radius 3 is 1.59 bits per heavy atom. The van der Waals surface area contributed by atoms with Gasteiger partial charge in [0.1, 0.15) is 5.75 Å². The van der Waals surface area contributed by atoms with Crippen LogP contribution >= 0.6 is 11.6 Å². The van der Waals surface area contributed by atoms with Crippen LogP contribution in [0.4, 0.5) is 0 Å². The molecule has 0 fully saturated rings. The molecule has 3 N–H and O–H groups in total. The summed E-state index contributed by atoms with van der Waals surface area (Å²) in [5, 5.41) is 27.0. The molecule has 0 atom stereocenters. The van der Waals surface area contributed by atoms with Crippen molar-refractivity contribution < 1.29 is 15.3 Å². The minimum atomic E-state index is -0.0764. The second kappa shape index (κ2) is 6.01. The lowest BCUT2D eigenvalue weighted by Crippen LogP contribution is -1.73. The quantitative estimate of drug-likeness (QED) is 0.630. The van der Waals surface area contributed by atoms with Gasteiger partial charge in [-0.15, -0.1) is 0 Å². The molecule has 0 saturated carbocycles. The number of para-hydroxylation sites is 2. The van der Waals surface area contributed by atoms with Crippen LogP contribution in [0.15, 0.2) is 42.5 Å². The van der Waals surface area contributed by atoms with Crippen LogP contribution in [0.5, 0.6) is 17.2 Å². The van der Waals surface area contributed by atoms with E-state index < -0.39 is 0 Å². The molecule has 0 radical (unpaired) electrons. The average Bonchev–Trinajstić information content (AvgIpc) is 2.31. The summed E-state index contributed by atoms with van der Waals surface area (Å²) in [6, 6.07) is 11.2. The van der Waals surface area contributed by atoms with Gasteiger partial charge in [-0.05, 0) is 31.2 Å². The Balaban J connectivity index is 0.000000171. The molecule has 90 valence electrons. The van der Waals surface area contributed by atoms with E-state index in [0.29, 0.717) is 5.02 Å². The van der Waals surface area contributed by atoms with E-state index in [-0.39, 0.29) is 17.2 Å². The Morgan fingerprint density at radius 2 is 1.24 bits per heavy atom. The van der Waals surface area contributed by atoms with Crippen molar-refractivity contribution in [3.8, 4) is 17.2 Å². The SMILES string of the molecule is Cc1c(O)cccc1Cl.Oc1ccccc1O. The predicted molar refractivity (Wildman–Crippen MR) is 67.6 cm³/mol. The summed E-state index contributed by atoms with van der Waals surface area (Å²) < 4.78 is 0. The van der Waals surface area contributed by atoms with Crippen LogP contribution in [0.1, 0.15) is 5.56 Å². The highest BCUT2D eigenvalue weighted by Gasteiger charge is 1.96. The fourth-order valence-corrected chi connectivity index (χ4v) is 1.23. The maximum absolute atomic E-state index is 9.02. The first-order chi connectivity index (χ1) is 8.02. The lowest BCUT2D eigenvalue weighted by molar-refractivity contribution is 0.404. The van der Waals surface area contributed by atoms with Crippen LogP contribution in [-0.4, -0.2) is 15.3 Å². The molecule has 0 unspecified atom stereocenters. The number of halogens is 1. The summed E-state index contributed by atoms with van der Waals surface area (Å²) in [6.45, 7) is 1.78. The summed E-state index contributed by atoms with van der Waals surface area (Å²) >= 11 is 5.65. The Kier molecular flexibility index (Phi) is 4.67. The second-order valence-corrected chi connectivity index (χ2v) is 3.78. The van der Waals surface area contributed by atoms with Crippen molar-refractivity contribution >= 4 is 11.6 Å². The van der Waals surface area contributed by atoms with Crippen LogP contribution in [0.3, 0.4) is 0 Å². The van der Waals surface area contributed by atoms with Crippen LogP contribution in [-0.2, 0) is 0 Å². The number of benzene rings is 2. The molecule has 2 aromatic carbocycles. The third-order valence-corrected chi connectivity index (χ3v) is 2.53. The molecule has 0 aliphatic heterocycles. The molecule has 0 bridgehead atoms. The van der Waals surface area contributed by atoms with E-state index in [2.05, 4.69) is 0 Å². The number of phenolic OH excluding ortho intramolecular Hbond substituents is 3. The minimum absolute atomic E-state index is 0.0764. The highest BCUT2D eigenvalue weighted by atomic mass is 35.5. The van der Waals surface area contributed by atoms with Crippen molar-refractivity contribution in [3.05, 3.63) is 53.1 Å². The van der Waals surface area contributed by atoms with E-state index in [4.69, 9.17) is 26.9 Å². The van der Waals surface area contributed by atoms with E-state index in [1.54, 1.807) is 37.3 Å². The molecule has 2 aromatic rings. The van der Waals surface area contributed by atoms with Crippen molar-refractivity contribution in [2.24, 2.45) is 0 Å². The zero-order chi connectivity index (χ0) is 12.8. The highest BCUT2D eigenvalue weighted by Crippen LogP contribution is 2.23. The lowest BCUT2D eigenvalue weighted by atomic mass is 10.2. The average molecular weight is 253 g/mol. The summed E-state index contributed by atoms with van der Waals surface area (Å²) in [4.78, 5) is 0. The summed E-state index contributed by atoms with van der Waals surface area (Å²) in [5.41, 5.74) is 0.735. The number of aromatic hydroxyl groups is 3. The number of phenols is 3. The Hall–Kier alpha value is -1.87. The Labute approximate surface area is 105 Å². The van der Waals surface area contributed by atoms with Gasteiger partial charge in [0.05, 0.1) is 0 Å². The predicted octanol–water partition coefficient (Wildman–Crippen LogP) is 3.45. The molecule has 0 spiro atoms. The van der Waals surface area contributed by atoms with Gasteiger partial charge >= 0.3 is 0 Å². The van der Waals surface area contributed by atoms with Gasteiger partial charge in [-0.25, -0.2) is 0 Å². The standard InChI is InChI=1S/C7H7ClO.C6H6O2/c1-5-6(8)3-2-4-7(5)9;7-5-3-1-2-4-6(5)8/h2-4,9H,1H3;1-4,7-8H. The smallest absolute Gasteiger partial charge is 0.157 e. The fraction of sp³-hybridized carbons (Fsp3) is 0.0769. The second-order valence-electron chi connectivity index (χ2n) is 3.37. The maximum Gasteiger partial charge on any atom is 0.157 e. The normalized spacial score (nSPS) is 9.29. The molecular weight excluding hydrogens is 240 g/mol. The minimum Gasteiger partial charge on any atom is -0.508 e. The Morgan fingerprint density at radius 1 is 0.765 bits per heavy atom. The van der Waals surface area contributed by atoms with Crippen molar-refractivity contribution in [2.45, 2.75) is 6.92 Å². The molecule has 0 amide bonds. The van der Waals surface area contributed by atoms with Crippen molar-refractivity contribution in [2.75, 3.05) is 0 Å². The maximum atomic E-state index is 9.02. The van der Waals surface area contributed by atoms with Gasteiger partial charge in [0, 0.05) is 10.6 Å². The summed E-state index contributed by atoms with van der Waals surface area (Å²) in [5.74, 6) is 0.0995. The molecule has 4 heteroatoms. The van der Waals surface area contributed by atoms with Gasteiger partial charge in [0.2, 0.25) is 0 Å². The van der Waals surface area contributed by atoms with Gasteiger partial charge in [-0.3, -0.25) is 0 Å². The van der Waals surface area contributed by atoms with Gasteiger partial charge in [0.25, 0.3) is 0 Å². The van der Waals surface area contributed by atoms with Crippen LogP contribution in [0, 0.1) is 6.92 Å². The number of hydrogen-bond acceptors (Lipinski definition) is 3. The van der Waals surface area contributed by atoms with Gasteiger partial charge in [-0.2, -0.15) is 0 Å².